The summed E-state index contributed by atoms with van der Waals surface area (Å²) >= 11 is 0. The van der Waals surface area contributed by atoms with E-state index in [0.29, 0.717) is 0 Å². The minimum absolute atomic E-state index is 0.0347. The lowest BCUT2D eigenvalue weighted by molar-refractivity contribution is -0.134. The normalized spacial score (nSPS) is 27.6. The van der Waals surface area contributed by atoms with Gasteiger partial charge in [0.1, 0.15) is 0 Å². The van der Waals surface area contributed by atoms with Crippen molar-refractivity contribution in [2.45, 2.75) is 11.7 Å². The maximum absolute atomic E-state index is 13.3. The molecule has 7 nitrogen and oxygen atoms in total. The summed E-state index contributed by atoms with van der Waals surface area (Å²) in [6, 6.07) is 2.42. The van der Waals surface area contributed by atoms with Crippen LogP contribution in [0.1, 0.15) is 16.8 Å². The average Bonchev–Trinajstić information content (AvgIpc) is 3.00. The third kappa shape index (κ3) is 3.24. The van der Waals surface area contributed by atoms with Crippen molar-refractivity contribution in [3.05, 3.63) is 29.8 Å². The molecule has 3 rings (SSSR count). The summed E-state index contributed by atoms with van der Waals surface area (Å²) in [4.78, 5) is 31.3. The Morgan fingerprint density at radius 3 is 2.68 bits per heavy atom. The predicted molar refractivity (Wildman–Crippen MR) is 88.0 cm³/mol. The van der Waals surface area contributed by atoms with Crippen molar-refractivity contribution >= 4 is 21.7 Å². The monoisotopic (exact) mass is 369 g/mol. The highest BCUT2D eigenvalue weighted by molar-refractivity contribution is 7.92. The zero-order valence-corrected chi connectivity index (χ0v) is 14.9. The molecule has 1 aromatic heterocycles. The molecule has 0 unspecified atom stereocenters. The molecule has 2 fully saturated rings. The standard InChI is InChI=1S/C16H20FN3O4S/c1-19(2)16(22)11-4-6-25(23,24)13-9-20(8-12(11)13)15(21)10-3-5-18-14(17)7-10/h3,5,7,11-13H,4,6,8-9H2,1-2H3/t11-,12-,13-/m1/s1. The predicted octanol–water partition coefficient (Wildman–Crippen LogP) is 0.184. The Kier molecular flexibility index (Phi) is 4.52. The number of sulfone groups is 1. The van der Waals surface area contributed by atoms with Crippen LogP contribution < -0.4 is 0 Å². The quantitative estimate of drug-likeness (QED) is 0.694. The first kappa shape index (κ1) is 17.8. The van der Waals surface area contributed by atoms with E-state index in [4.69, 9.17) is 0 Å². The zero-order valence-electron chi connectivity index (χ0n) is 14.1. The van der Waals surface area contributed by atoms with Gasteiger partial charge in [-0.2, -0.15) is 4.39 Å². The van der Waals surface area contributed by atoms with Crippen LogP contribution in [0.4, 0.5) is 4.39 Å². The summed E-state index contributed by atoms with van der Waals surface area (Å²) in [5.41, 5.74) is 0.124. The smallest absolute Gasteiger partial charge is 0.254 e. The molecule has 0 spiro atoms. The number of rotatable bonds is 2. The maximum Gasteiger partial charge on any atom is 0.254 e. The number of hydrogen-bond acceptors (Lipinski definition) is 5. The highest BCUT2D eigenvalue weighted by atomic mass is 32.2. The van der Waals surface area contributed by atoms with Crippen LogP contribution in [0.25, 0.3) is 0 Å². The van der Waals surface area contributed by atoms with Crippen molar-refractivity contribution in [1.29, 1.82) is 0 Å². The van der Waals surface area contributed by atoms with E-state index in [2.05, 4.69) is 4.98 Å². The Morgan fingerprint density at radius 2 is 2.04 bits per heavy atom. The van der Waals surface area contributed by atoms with Crippen LogP contribution in [-0.4, -0.2) is 73.2 Å². The summed E-state index contributed by atoms with van der Waals surface area (Å²) in [6.45, 7) is 0.212. The molecule has 0 N–H and O–H groups in total. The fourth-order valence-corrected chi connectivity index (χ4v) is 5.84. The topological polar surface area (TPSA) is 87.7 Å². The van der Waals surface area contributed by atoms with Crippen molar-refractivity contribution in [3.8, 4) is 0 Å². The van der Waals surface area contributed by atoms with E-state index in [9.17, 15) is 22.4 Å². The third-order valence-corrected chi connectivity index (χ3v) is 7.25. The van der Waals surface area contributed by atoms with Gasteiger partial charge in [-0.25, -0.2) is 13.4 Å². The van der Waals surface area contributed by atoms with Crippen molar-refractivity contribution < 1.29 is 22.4 Å². The summed E-state index contributed by atoms with van der Waals surface area (Å²) < 4.78 is 38.1. The van der Waals surface area contributed by atoms with Crippen LogP contribution in [0, 0.1) is 17.8 Å². The largest absolute Gasteiger partial charge is 0.349 e. The number of hydrogen-bond donors (Lipinski definition) is 0. The Hall–Kier alpha value is -2.03. The molecule has 9 heteroatoms. The van der Waals surface area contributed by atoms with Crippen LogP contribution >= 0.6 is 0 Å². The molecular weight excluding hydrogens is 349 g/mol. The number of pyridine rings is 1. The Bertz CT molecular complexity index is 811. The Labute approximate surface area is 145 Å². The van der Waals surface area contributed by atoms with Gasteiger partial charge in [-0.05, 0) is 12.5 Å². The molecule has 25 heavy (non-hydrogen) atoms. The van der Waals surface area contributed by atoms with Gasteiger partial charge in [-0.3, -0.25) is 9.59 Å². The molecule has 136 valence electrons. The highest BCUT2D eigenvalue weighted by Crippen LogP contribution is 2.38. The van der Waals surface area contributed by atoms with Crippen LogP contribution in [0.5, 0.6) is 0 Å². The van der Waals surface area contributed by atoms with Crippen molar-refractivity contribution in [1.82, 2.24) is 14.8 Å². The van der Waals surface area contributed by atoms with Crippen LogP contribution in [0.15, 0.2) is 18.3 Å². The molecule has 2 amide bonds. The second-order valence-corrected chi connectivity index (χ2v) is 9.11. The summed E-state index contributed by atoms with van der Waals surface area (Å²) in [6.07, 6.45) is 1.47. The van der Waals surface area contributed by atoms with Gasteiger partial charge in [0, 0.05) is 56.8 Å². The van der Waals surface area contributed by atoms with Gasteiger partial charge in [-0.15, -0.1) is 0 Å². The summed E-state index contributed by atoms with van der Waals surface area (Å²) in [5, 5.41) is -0.745. The van der Waals surface area contributed by atoms with Crippen molar-refractivity contribution in [2.75, 3.05) is 32.9 Å². The number of fused-ring (bicyclic) bond motifs is 1. The molecule has 2 saturated heterocycles. The van der Waals surface area contributed by atoms with Crippen molar-refractivity contribution in [3.63, 3.8) is 0 Å². The molecule has 0 saturated carbocycles. The van der Waals surface area contributed by atoms with Gasteiger partial charge >= 0.3 is 0 Å². The number of carbonyl (C=O) groups is 2. The number of nitrogens with zero attached hydrogens (tertiary/aromatic N) is 3. The zero-order chi connectivity index (χ0) is 18.4. The lowest BCUT2D eigenvalue weighted by atomic mass is 9.87. The highest BCUT2D eigenvalue weighted by Gasteiger charge is 2.51. The molecule has 0 aromatic carbocycles. The van der Waals surface area contributed by atoms with Gasteiger partial charge in [0.25, 0.3) is 5.91 Å². The Balaban J connectivity index is 1.87. The van der Waals surface area contributed by atoms with Gasteiger partial charge in [0.2, 0.25) is 11.9 Å². The Morgan fingerprint density at radius 1 is 1.32 bits per heavy atom. The van der Waals surface area contributed by atoms with Crippen LogP contribution in [0.3, 0.4) is 0 Å². The SMILES string of the molecule is CN(C)C(=O)[C@@H]1CCS(=O)(=O)[C@@H]2CN(C(=O)c3ccnc(F)c3)C[C@@H]21. The van der Waals surface area contributed by atoms with Crippen LogP contribution in [0.2, 0.25) is 0 Å². The van der Waals surface area contributed by atoms with E-state index in [0.717, 1.165) is 6.07 Å². The molecule has 1 aromatic rings. The van der Waals surface area contributed by atoms with E-state index < -0.39 is 38.8 Å². The van der Waals surface area contributed by atoms with Crippen LogP contribution in [-0.2, 0) is 14.6 Å². The fraction of sp³-hybridized carbons (Fsp3) is 0.562. The molecular formula is C16H20FN3O4S. The number of likely N-dealkylation sites (tertiary alicyclic amines) is 1. The van der Waals surface area contributed by atoms with Gasteiger partial charge in [-0.1, -0.05) is 0 Å². The van der Waals surface area contributed by atoms with E-state index in [-0.39, 0.29) is 36.7 Å². The van der Waals surface area contributed by atoms with E-state index in [1.165, 1.54) is 22.1 Å². The van der Waals surface area contributed by atoms with Gasteiger partial charge < -0.3 is 9.80 Å². The molecule has 3 heterocycles. The first-order valence-corrected chi connectivity index (χ1v) is 9.76. The molecule has 2 aliphatic rings. The lowest BCUT2D eigenvalue weighted by Crippen LogP contribution is -2.46. The van der Waals surface area contributed by atoms with E-state index >= 15 is 0 Å². The first-order valence-electron chi connectivity index (χ1n) is 8.04. The summed E-state index contributed by atoms with van der Waals surface area (Å²) in [7, 11) is -0.0863. The molecule has 2 aliphatic heterocycles. The number of amides is 2. The summed E-state index contributed by atoms with van der Waals surface area (Å²) in [5.74, 6) is -2.23. The van der Waals surface area contributed by atoms with Gasteiger partial charge in [0.15, 0.2) is 9.84 Å². The fourth-order valence-electron chi connectivity index (χ4n) is 3.74. The maximum atomic E-state index is 13.3. The second-order valence-electron chi connectivity index (χ2n) is 6.77. The molecule has 0 bridgehead atoms. The molecule has 0 radical (unpaired) electrons. The number of aromatic nitrogens is 1. The average molecular weight is 369 g/mol. The minimum Gasteiger partial charge on any atom is -0.349 e. The van der Waals surface area contributed by atoms with Gasteiger partial charge in [0.05, 0.1) is 11.0 Å². The van der Waals surface area contributed by atoms with E-state index in [1.54, 1.807) is 14.1 Å². The number of carbonyl (C=O) groups excluding carboxylic acids is 2. The number of halogens is 1. The van der Waals surface area contributed by atoms with E-state index in [1.807, 2.05) is 0 Å². The second kappa shape index (κ2) is 6.36. The molecule has 0 aliphatic carbocycles. The molecule has 3 atom stereocenters. The lowest BCUT2D eigenvalue weighted by Gasteiger charge is -2.33. The van der Waals surface area contributed by atoms with Crippen molar-refractivity contribution in [2.24, 2.45) is 11.8 Å². The minimum atomic E-state index is -3.36. The third-order valence-electron chi connectivity index (χ3n) is 5.02. The first-order chi connectivity index (χ1) is 11.7.